The van der Waals surface area contributed by atoms with Crippen molar-refractivity contribution < 1.29 is 13.9 Å². The molecule has 0 radical (unpaired) electrons. The lowest BCUT2D eigenvalue weighted by atomic mass is 10.2. The normalized spacial score (nSPS) is 12.2. The highest BCUT2D eigenvalue weighted by Crippen LogP contribution is 2.18. The fourth-order valence-electron chi connectivity index (χ4n) is 1.80. The van der Waals surface area contributed by atoms with E-state index < -0.39 is 5.97 Å². The summed E-state index contributed by atoms with van der Waals surface area (Å²) in [5.41, 5.74) is 0.188. The number of aryl methyl sites for hydroxylation is 1. The Morgan fingerprint density at radius 1 is 1.55 bits per heavy atom. The van der Waals surface area contributed by atoms with E-state index in [1.54, 1.807) is 18.3 Å². The van der Waals surface area contributed by atoms with E-state index in [-0.39, 0.29) is 11.7 Å². The average Bonchev–Trinajstić information content (AvgIpc) is 2.99. The van der Waals surface area contributed by atoms with Crippen LogP contribution in [0.3, 0.4) is 0 Å². The molecule has 0 aliphatic carbocycles. The SMILES string of the molecule is CCOC(=O)c1coc(NC(C)Cc2ccc(C)s2)n1. The molecule has 1 atom stereocenters. The number of esters is 1. The van der Waals surface area contributed by atoms with Gasteiger partial charge in [-0.15, -0.1) is 11.3 Å². The van der Waals surface area contributed by atoms with Crippen molar-refractivity contribution in [3.8, 4) is 0 Å². The summed E-state index contributed by atoms with van der Waals surface area (Å²) in [6.45, 7) is 6.21. The van der Waals surface area contributed by atoms with Crippen molar-refractivity contribution in [2.75, 3.05) is 11.9 Å². The molecule has 1 unspecified atom stereocenters. The second-order valence-electron chi connectivity index (χ2n) is 4.52. The number of aromatic nitrogens is 1. The average molecular weight is 294 g/mol. The lowest BCUT2D eigenvalue weighted by Gasteiger charge is -2.10. The van der Waals surface area contributed by atoms with Gasteiger partial charge in [-0.1, -0.05) is 0 Å². The van der Waals surface area contributed by atoms with Gasteiger partial charge in [0.15, 0.2) is 5.69 Å². The van der Waals surface area contributed by atoms with Crippen molar-refractivity contribution in [3.63, 3.8) is 0 Å². The Bertz CT molecular complexity index is 576. The van der Waals surface area contributed by atoms with Crippen molar-refractivity contribution >= 4 is 23.3 Å². The molecular formula is C14H18N2O3S. The Morgan fingerprint density at radius 3 is 3.00 bits per heavy atom. The molecule has 0 saturated carbocycles. The summed E-state index contributed by atoms with van der Waals surface area (Å²) in [5, 5.41) is 3.14. The lowest BCUT2D eigenvalue weighted by Crippen LogP contribution is -2.17. The van der Waals surface area contributed by atoms with Gasteiger partial charge < -0.3 is 14.5 Å². The molecule has 0 aliphatic rings. The maximum absolute atomic E-state index is 11.5. The van der Waals surface area contributed by atoms with Crippen molar-refractivity contribution in [2.24, 2.45) is 0 Å². The molecule has 2 aromatic heterocycles. The Morgan fingerprint density at radius 2 is 2.35 bits per heavy atom. The number of hydrogen-bond donors (Lipinski definition) is 1. The van der Waals surface area contributed by atoms with E-state index in [0.29, 0.717) is 12.6 Å². The van der Waals surface area contributed by atoms with Gasteiger partial charge in [0.2, 0.25) is 0 Å². The van der Waals surface area contributed by atoms with Crippen LogP contribution in [0.2, 0.25) is 0 Å². The third-order valence-corrected chi connectivity index (χ3v) is 3.69. The van der Waals surface area contributed by atoms with E-state index >= 15 is 0 Å². The summed E-state index contributed by atoms with van der Waals surface area (Å²) >= 11 is 1.78. The van der Waals surface area contributed by atoms with E-state index in [1.807, 2.05) is 6.92 Å². The number of carbonyl (C=O) groups excluding carboxylic acids is 1. The van der Waals surface area contributed by atoms with Crippen molar-refractivity contribution in [2.45, 2.75) is 33.2 Å². The maximum atomic E-state index is 11.5. The van der Waals surface area contributed by atoms with Crippen LogP contribution in [-0.4, -0.2) is 23.6 Å². The monoisotopic (exact) mass is 294 g/mol. The topological polar surface area (TPSA) is 64.4 Å². The molecule has 5 nitrogen and oxygen atoms in total. The minimum Gasteiger partial charge on any atom is -0.461 e. The van der Waals surface area contributed by atoms with Crippen LogP contribution in [-0.2, 0) is 11.2 Å². The molecule has 2 aromatic rings. The molecule has 0 amide bonds. The predicted octanol–water partition coefficient (Wildman–Crippen LogP) is 3.26. The highest BCUT2D eigenvalue weighted by molar-refractivity contribution is 7.11. The quantitative estimate of drug-likeness (QED) is 0.828. The number of anilines is 1. The van der Waals surface area contributed by atoms with Crippen LogP contribution < -0.4 is 5.32 Å². The second-order valence-corrected chi connectivity index (χ2v) is 5.89. The molecule has 0 spiro atoms. The molecule has 2 rings (SSSR count). The minimum absolute atomic E-state index is 0.168. The molecule has 0 fully saturated rings. The summed E-state index contributed by atoms with van der Waals surface area (Å²) in [6.07, 6.45) is 2.19. The largest absolute Gasteiger partial charge is 0.461 e. The van der Waals surface area contributed by atoms with Crippen LogP contribution in [0.25, 0.3) is 0 Å². The molecule has 0 aliphatic heterocycles. The molecule has 20 heavy (non-hydrogen) atoms. The van der Waals surface area contributed by atoms with Crippen molar-refractivity contribution in [1.82, 2.24) is 4.98 Å². The Hall–Kier alpha value is -1.82. The van der Waals surface area contributed by atoms with Crippen LogP contribution >= 0.6 is 11.3 Å². The third-order valence-electron chi connectivity index (χ3n) is 2.66. The van der Waals surface area contributed by atoms with E-state index in [2.05, 4.69) is 29.4 Å². The van der Waals surface area contributed by atoms with E-state index in [9.17, 15) is 4.79 Å². The number of ether oxygens (including phenoxy) is 1. The van der Waals surface area contributed by atoms with Gasteiger partial charge in [-0.25, -0.2) is 4.79 Å². The fourth-order valence-corrected chi connectivity index (χ4v) is 2.82. The van der Waals surface area contributed by atoms with Gasteiger partial charge in [0, 0.05) is 22.2 Å². The first-order valence-corrected chi connectivity index (χ1v) is 7.34. The van der Waals surface area contributed by atoms with Gasteiger partial charge in [-0.2, -0.15) is 4.98 Å². The van der Waals surface area contributed by atoms with Crippen LogP contribution in [0, 0.1) is 6.92 Å². The first-order valence-electron chi connectivity index (χ1n) is 6.53. The summed E-state index contributed by atoms with van der Waals surface area (Å²) in [5.74, 6) is -0.467. The van der Waals surface area contributed by atoms with Crippen LogP contribution in [0.5, 0.6) is 0 Å². The molecule has 1 N–H and O–H groups in total. The van der Waals surface area contributed by atoms with Gasteiger partial charge >= 0.3 is 5.97 Å². The van der Waals surface area contributed by atoms with Gasteiger partial charge in [0.05, 0.1) is 6.61 Å². The molecule has 0 aromatic carbocycles. The number of hydrogen-bond acceptors (Lipinski definition) is 6. The number of carbonyl (C=O) groups is 1. The maximum Gasteiger partial charge on any atom is 0.360 e. The highest BCUT2D eigenvalue weighted by atomic mass is 32.1. The molecule has 108 valence electrons. The molecule has 0 bridgehead atoms. The lowest BCUT2D eigenvalue weighted by molar-refractivity contribution is 0.0519. The zero-order valence-electron chi connectivity index (χ0n) is 11.8. The van der Waals surface area contributed by atoms with Crippen LogP contribution in [0.1, 0.15) is 34.1 Å². The second kappa shape index (κ2) is 6.56. The smallest absolute Gasteiger partial charge is 0.360 e. The highest BCUT2D eigenvalue weighted by Gasteiger charge is 2.14. The molecular weight excluding hydrogens is 276 g/mol. The Kier molecular flexibility index (Phi) is 4.79. The van der Waals surface area contributed by atoms with Crippen molar-refractivity contribution in [3.05, 3.63) is 33.8 Å². The third kappa shape index (κ3) is 3.84. The van der Waals surface area contributed by atoms with Crippen LogP contribution in [0.4, 0.5) is 6.01 Å². The van der Waals surface area contributed by atoms with E-state index in [0.717, 1.165) is 6.42 Å². The minimum atomic E-state index is -0.467. The van der Waals surface area contributed by atoms with E-state index in [4.69, 9.17) is 9.15 Å². The van der Waals surface area contributed by atoms with Gasteiger partial charge in [-0.05, 0) is 32.9 Å². The Labute approximate surface area is 122 Å². The summed E-state index contributed by atoms with van der Waals surface area (Å²) < 4.78 is 10.1. The number of thiophene rings is 1. The van der Waals surface area contributed by atoms with Crippen LogP contribution in [0.15, 0.2) is 22.8 Å². The van der Waals surface area contributed by atoms with Gasteiger partial charge in [-0.3, -0.25) is 0 Å². The zero-order chi connectivity index (χ0) is 14.5. The fraction of sp³-hybridized carbons (Fsp3) is 0.429. The molecule has 6 heteroatoms. The summed E-state index contributed by atoms with van der Waals surface area (Å²) in [4.78, 5) is 18.1. The standard InChI is InChI=1S/C14H18N2O3S/c1-4-18-13(17)12-8-19-14(16-12)15-9(2)7-11-6-5-10(3)20-11/h5-6,8-9H,4,7H2,1-3H3,(H,15,16). The number of nitrogens with one attached hydrogen (secondary N) is 1. The number of rotatable bonds is 6. The summed E-state index contributed by atoms with van der Waals surface area (Å²) in [7, 11) is 0. The molecule has 0 saturated heterocycles. The van der Waals surface area contributed by atoms with Crippen molar-refractivity contribution in [1.29, 1.82) is 0 Å². The zero-order valence-corrected chi connectivity index (χ0v) is 12.6. The number of nitrogens with zero attached hydrogens (tertiary/aromatic N) is 1. The van der Waals surface area contributed by atoms with Gasteiger partial charge in [0.25, 0.3) is 6.01 Å². The number of oxazole rings is 1. The van der Waals surface area contributed by atoms with E-state index in [1.165, 1.54) is 16.0 Å². The Balaban J connectivity index is 1.91. The first kappa shape index (κ1) is 14.6. The predicted molar refractivity (Wildman–Crippen MR) is 78.3 cm³/mol. The first-order chi connectivity index (χ1) is 9.58. The molecule has 2 heterocycles. The van der Waals surface area contributed by atoms with Gasteiger partial charge in [0.1, 0.15) is 6.26 Å². The summed E-state index contributed by atoms with van der Waals surface area (Å²) in [6, 6.07) is 4.74.